The third-order valence-corrected chi connectivity index (χ3v) is 14.6. The van der Waals surface area contributed by atoms with E-state index in [1.807, 2.05) is 0 Å². The number of carbonyl (C=O) groups excluding carboxylic acids is 2. The Balaban J connectivity index is 0.000000474. The van der Waals surface area contributed by atoms with Crippen LogP contribution in [-0.2, 0) is 52.2 Å². The summed E-state index contributed by atoms with van der Waals surface area (Å²) in [7, 11) is -15.6. The molecule has 1 amide bonds. The van der Waals surface area contributed by atoms with Crippen LogP contribution in [0.5, 0.6) is 0 Å². The minimum Gasteiger partial charge on any atom is -0.370 e. The first-order chi connectivity index (χ1) is 20.9. The number of halogens is 1. The Labute approximate surface area is 282 Å². The van der Waals surface area contributed by atoms with Crippen LogP contribution in [-0.4, -0.2) is 72.8 Å². The van der Waals surface area contributed by atoms with Gasteiger partial charge in [-0.15, -0.1) is 0 Å². The molecule has 0 heterocycles. The summed E-state index contributed by atoms with van der Waals surface area (Å²) in [6.07, 6.45) is 2.42. The van der Waals surface area contributed by atoms with Crippen LogP contribution < -0.4 is 11.5 Å². The maximum Gasteiger partial charge on any atom is 0.280 e. The van der Waals surface area contributed by atoms with Gasteiger partial charge in [-0.25, -0.2) is 33.7 Å². The molecule has 0 atom stereocenters. The Morgan fingerprint density at radius 3 is 1.21 bits per heavy atom. The van der Waals surface area contributed by atoms with Crippen molar-refractivity contribution >= 4 is 68.1 Å². The lowest BCUT2D eigenvalue weighted by Gasteiger charge is -2.22. The number of guanidine groups is 1. The van der Waals surface area contributed by atoms with Gasteiger partial charge < -0.3 is 11.5 Å². The number of aliphatic imine (C=N–C) groups is 1. The van der Waals surface area contributed by atoms with Gasteiger partial charge in [0.2, 0.25) is 0 Å². The van der Waals surface area contributed by atoms with Crippen LogP contribution in [0.3, 0.4) is 0 Å². The summed E-state index contributed by atoms with van der Waals surface area (Å²) < 4.78 is 96.9. The number of benzene rings is 2. The standard InChI is InChI=1S/C15H23N3O5S2.C14H19ClO5S2/c1-6-9-7-12(25(22,23)15(2,3)4)11(24(5,20)21)8-10(9)13(19)18-14(16)17;1-6-9-7-12(22(19,20)14(2,3)4)11(21(5,17)18)8-10(9)13(15)16/h7-8H,6H2,1-5H3,(H4,16,17,18,19);7-8H,6H2,1-5H3. The van der Waals surface area contributed by atoms with E-state index in [1.165, 1.54) is 53.7 Å². The molecule has 2 rings (SSSR count). The van der Waals surface area contributed by atoms with E-state index in [0.717, 1.165) is 24.6 Å². The third-order valence-electron chi connectivity index (χ3n) is 6.76. The van der Waals surface area contributed by atoms with Gasteiger partial charge in [-0.2, -0.15) is 4.99 Å². The Kier molecular flexibility index (Phi) is 12.8. The van der Waals surface area contributed by atoms with Crippen LogP contribution in [0.15, 0.2) is 48.8 Å². The number of aryl methyl sites for hydroxylation is 2. The highest BCUT2D eigenvalue weighted by Crippen LogP contribution is 2.34. The molecule has 2 aromatic rings. The Hall–Kier alpha value is -2.86. The van der Waals surface area contributed by atoms with E-state index in [1.54, 1.807) is 13.8 Å². The summed E-state index contributed by atoms with van der Waals surface area (Å²) in [5.41, 5.74) is 11.1. The summed E-state index contributed by atoms with van der Waals surface area (Å²) >= 11 is 5.48. The highest BCUT2D eigenvalue weighted by molar-refractivity contribution is 7.95. The second-order valence-corrected chi connectivity index (χ2v) is 22.2. The minimum absolute atomic E-state index is 0.0115. The fourth-order valence-corrected chi connectivity index (χ4v) is 9.82. The van der Waals surface area contributed by atoms with Gasteiger partial charge in [0, 0.05) is 23.6 Å². The van der Waals surface area contributed by atoms with Crippen LogP contribution in [0.1, 0.15) is 87.2 Å². The number of nitrogens with two attached hydrogens (primary N) is 2. The van der Waals surface area contributed by atoms with Gasteiger partial charge in [-0.1, -0.05) is 13.8 Å². The molecular formula is C29H42ClN3O10S4. The highest BCUT2D eigenvalue weighted by Gasteiger charge is 2.37. The van der Waals surface area contributed by atoms with Crippen molar-refractivity contribution in [2.24, 2.45) is 16.5 Å². The van der Waals surface area contributed by atoms with E-state index in [2.05, 4.69) is 4.99 Å². The summed E-state index contributed by atoms with van der Waals surface area (Å²) in [6.45, 7) is 12.3. The number of sulfone groups is 4. The predicted octanol–water partition coefficient (Wildman–Crippen LogP) is 3.24. The van der Waals surface area contributed by atoms with Crippen molar-refractivity contribution in [2.45, 2.75) is 97.3 Å². The van der Waals surface area contributed by atoms with Crippen LogP contribution in [0.25, 0.3) is 0 Å². The van der Waals surface area contributed by atoms with Crippen molar-refractivity contribution in [2.75, 3.05) is 12.5 Å². The summed E-state index contributed by atoms with van der Waals surface area (Å²) in [5.74, 6) is -1.30. The smallest absolute Gasteiger partial charge is 0.280 e. The molecule has 4 N–H and O–H groups in total. The van der Waals surface area contributed by atoms with Crippen LogP contribution >= 0.6 is 11.6 Å². The van der Waals surface area contributed by atoms with E-state index < -0.39 is 75.7 Å². The van der Waals surface area contributed by atoms with E-state index in [0.29, 0.717) is 17.5 Å². The molecule has 2 aromatic carbocycles. The largest absolute Gasteiger partial charge is 0.370 e. The topological polar surface area (TPSA) is 235 Å². The second kappa shape index (κ2) is 14.3. The maximum atomic E-state index is 12.8. The number of hydrogen-bond acceptors (Lipinski definition) is 10. The molecule has 264 valence electrons. The molecular weight excluding hydrogens is 714 g/mol. The van der Waals surface area contributed by atoms with Gasteiger partial charge in [0.1, 0.15) is 0 Å². The third kappa shape index (κ3) is 9.62. The van der Waals surface area contributed by atoms with Crippen molar-refractivity contribution in [1.82, 2.24) is 0 Å². The minimum atomic E-state index is -3.96. The fraction of sp³-hybridized carbons (Fsp3) is 0.483. The van der Waals surface area contributed by atoms with Crippen molar-refractivity contribution in [3.63, 3.8) is 0 Å². The SMILES string of the molecule is CCc1cc(S(=O)(=O)C(C)(C)C)c(S(C)(=O)=O)cc1C(=O)Cl.CCc1cc(S(=O)(=O)C(C)(C)C)c(S(C)(=O)=O)cc1C(=O)N=C(N)N. The molecule has 0 saturated heterocycles. The number of carbonyl (C=O) groups is 2. The Morgan fingerprint density at radius 2 is 0.957 bits per heavy atom. The molecule has 0 spiro atoms. The fourth-order valence-electron chi connectivity index (χ4n) is 4.01. The van der Waals surface area contributed by atoms with Gasteiger partial charge in [0.05, 0.1) is 29.1 Å². The van der Waals surface area contributed by atoms with E-state index in [4.69, 9.17) is 23.1 Å². The van der Waals surface area contributed by atoms with Gasteiger partial charge in [0.25, 0.3) is 11.1 Å². The van der Waals surface area contributed by atoms with Gasteiger partial charge in [0.15, 0.2) is 45.3 Å². The van der Waals surface area contributed by atoms with Gasteiger partial charge in [-0.3, -0.25) is 9.59 Å². The zero-order valence-electron chi connectivity index (χ0n) is 27.9. The monoisotopic (exact) mass is 755 g/mol. The van der Waals surface area contributed by atoms with Crippen LogP contribution in [0, 0.1) is 0 Å². The maximum absolute atomic E-state index is 12.8. The number of amides is 1. The van der Waals surface area contributed by atoms with Gasteiger partial charge in [-0.05, 0) is 101 Å². The highest BCUT2D eigenvalue weighted by atomic mass is 35.5. The molecule has 13 nitrogen and oxygen atoms in total. The Bertz CT molecular complexity index is 2050. The van der Waals surface area contributed by atoms with Crippen molar-refractivity contribution < 1.29 is 43.3 Å². The van der Waals surface area contributed by atoms with Crippen molar-refractivity contribution in [3.05, 3.63) is 46.5 Å². The molecule has 0 unspecified atom stereocenters. The molecule has 0 radical (unpaired) electrons. The zero-order chi connectivity index (χ0) is 37.3. The number of nitrogens with zero attached hydrogens (tertiary/aromatic N) is 1. The van der Waals surface area contributed by atoms with E-state index in [9.17, 15) is 43.3 Å². The van der Waals surface area contributed by atoms with Crippen LogP contribution in [0.4, 0.5) is 0 Å². The quantitative estimate of drug-likeness (QED) is 0.224. The molecule has 0 saturated carbocycles. The molecule has 18 heteroatoms. The average molecular weight is 756 g/mol. The first-order valence-corrected chi connectivity index (χ1v) is 21.1. The lowest BCUT2D eigenvalue weighted by atomic mass is 10.0. The first kappa shape index (κ1) is 42.2. The lowest BCUT2D eigenvalue weighted by molar-refractivity contribution is 0.100. The van der Waals surface area contributed by atoms with E-state index >= 15 is 0 Å². The Morgan fingerprint density at radius 1 is 0.638 bits per heavy atom. The van der Waals surface area contributed by atoms with E-state index in [-0.39, 0.29) is 27.3 Å². The molecule has 0 fully saturated rings. The predicted molar refractivity (Wildman–Crippen MR) is 182 cm³/mol. The molecule has 0 aromatic heterocycles. The molecule has 47 heavy (non-hydrogen) atoms. The summed E-state index contributed by atoms with van der Waals surface area (Å²) in [5, 5.41) is -0.818. The molecule has 0 aliphatic rings. The summed E-state index contributed by atoms with van der Waals surface area (Å²) in [6, 6.07) is 4.54. The van der Waals surface area contributed by atoms with Crippen LogP contribution in [0.2, 0.25) is 0 Å². The van der Waals surface area contributed by atoms with Crippen molar-refractivity contribution in [1.29, 1.82) is 0 Å². The number of rotatable bonds is 8. The van der Waals surface area contributed by atoms with Crippen molar-refractivity contribution in [3.8, 4) is 0 Å². The molecule has 0 bridgehead atoms. The first-order valence-electron chi connectivity index (χ1n) is 13.9. The normalized spacial score (nSPS) is 12.9. The summed E-state index contributed by atoms with van der Waals surface area (Å²) in [4.78, 5) is 25.6. The molecule has 0 aliphatic carbocycles. The average Bonchev–Trinajstić information content (AvgIpc) is 2.88. The van der Waals surface area contributed by atoms with Gasteiger partial charge >= 0.3 is 0 Å². The number of hydrogen-bond donors (Lipinski definition) is 2. The zero-order valence-corrected chi connectivity index (χ0v) is 31.9. The lowest BCUT2D eigenvalue weighted by Crippen LogP contribution is -2.30. The molecule has 0 aliphatic heterocycles. The second-order valence-electron chi connectivity index (χ2n) is 12.5.